The number of halogens is 6. The van der Waals surface area contributed by atoms with E-state index in [4.69, 9.17) is 34.8 Å². The van der Waals surface area contributed by atoms with Gasteiger partial charge in [0.05, 0.1) is 15.6 Å². The Bertz CT molecular complexity index is 640. The van der Waals surface area contributed by atoms with E-state index in [2.05, 4.69) is 0 Å². The second-order valence-electron chi connectivity index (χ2n) is 4.29. The van der Waals surface area contributed by atoms with Crippen LogP contribution in [0.15, 0.2) is 30.3 Å². The van der Waals surface area contributed by atoms with Crippen LogP contribution < -0.4 is 0 Å². The molecule has 0 aliphatic rings. The van der Waals surface area contributed by atoms with Crippen LogP contribution >= 0.6 is 34.8 Å². The van der Waals surface area contributed by atoms with Crippen LogP contribution in [0.4, 0.5) is 13.2 Å². The topological polar surface area (TPSA) is 0 Å². The first kappa shape index (κ1) is 15.5. The molecule has 2 aromatic rings. The van der Waals surface area contributed by atoms with E-state index < -0.39 is 11.7 Å². The van der Waals surface area contributed by atoms with E-state index in [1.807, 2.05) is 0 Å². The maximum atomic E-state index is 13.1. The van der Waals surface area contributed by atoms with Gasteiger partial charge in [-0.05, 0) is 30.7 Å². The third kappa shape index (κ3) is 3.05. The van der Waals surface area contributed by atoms with Gasteiger partial charge in [0.1, 0.15) is 0 Å². The Hall–Kier alpha value is -0.900. The van der Waals surface area contributed by atoms with Gasteiger partial charge in [0.15, 0.2) is 0 Å². The standard InChI is InChI=1S/C14H8Cl3F3/c1-7-2-3-9(10(4-7)14(18,19)20)13-11(16)5-8(15)6-12(13)17/h2-6H,1H3. The number of hydrogen-bond acceptors (Lipinski definition) is 0. The Balaban J connectivity index is 2.77. The van der Waals surface area contributed by atoms with Crippen molar-refractivity contribution in [2.75, 3.05) is 0 Å². The molecule has 0 N–H and O–H groups in total. The zero-order chi connectivity index (χ0) is 15.1. The Kier molecular flexibility index (Phi) is 4.24. The zero-order valence-electron chi connectivity index (χ0n) is 10.2. The fourth-order valence-corrected chi connectivity index (χ4v) is 2.93. The predicted octanol–water partition coefficient (Wildman–Crippen LogP) is 6.64. The van der Waals surface area contributed by atoms with E-state index >= 15 is 0 Å². The molecule has 0 spiro atoms. The van der Waals surface area contributed by atoms with Crippen molar-refractivity contribution < 1.29 is 13.2 Å². The molecule has 0 amide bonds. The van der Waals surface area contributed by atoms with Gasteiger partial charge in [0, 0.05) is 10.6 Å². The third-order valence-electron chi connectivity index (χ3n) is 2.76. The van der Waals surface area contributed by atoms with Crippen molar-refractivity contribution >= 4 is 34.8 Å². The normalized spacial score (nSPS) is 11.8. The molecule has 0 aliphatic carbocycles. The van der Waals surface area contributed by atoms with Gasteiger partial charge in [0.25, 0.3) is 0 Å². The Morgan fingerprint density at radius 3 is 1.95 bits per heavy atom. The fourth-order valence-electron chi connectivity index (χ4n) is 1.91. The molecular formula is C14H8Cl3F3. The van der Waals surface area contributed by atoms with Crippen molar-refractivity contribution in [1.82, 2.24) is 0 Å². The highest BCUT2D eigenvalue weighted by atomic mass is 35.5. The van der Waals surface area contributed by atoms with Crippen LogP contribution in [0.2, 0.25) is 15.1 Å². The van der Waals surface area contributed by atoms with Gasteiger partial charge in [-0.3, -0.25) is 0 Å². The minimum atomic E-state index is -4.49. The summed E-state index contributed by atoms with van der Waals surface area (Å²) >= 11 is 17.8. The van der Waals surface area contributed by atoms with Crippen LogP contribution in [0.1, 0.15) is 11.1 Å². The molecule has 106 valence electrons. The largest absolute Gasteiger partial charge is 0.417 e. The monoisotopic (exact) mass is 338 g/mol. The van der Waals surface area contributed by atoms with Crippen LogP contribution in [0.3, 0.4) is 0 Å². The smallest absolute Gasteiger partial charge is 0.166 e. The highest BCUT2D eigenvalue weighted by Crippen LogP contribution is 2.43. The van der Waals surface area contributed by atoms with Crippen LogP contribution in [0.5, 0.6) is 0 Å². The Morgan fingerprint density at radius 2 is 1.45 bits per heavy atom. The lowest BCUT2D eigenvalue weighted by molar-refractivity contribution is -0.137. The highest BCUT2D eigenvalue weighted by molar-refractivity contribution is 6.41. The zero-order valence-corrected chi connectivity index (χ0v) is 12.4. The molecule has 0 radical (unpaired) electrons. The number of benzene rings is 2. The molecule has 0 unspecified atom stereocenters. The summed E-state index contributed by atoms with van der Waals surface area (Å²) < 4.78 is 39.4. The summed E-state index contributed by atoms with van der Waals surface area (Å²) in [6, 6.07) is 6.73. The van der Waals surface area contributed by atoms with E-state index in [0.29, 0.717) is 5.56 Å². The number of rotatable bonds is 1. The van der Waals surface area contributed by atoms with Crippen LogP contribution in [-0.2, 0) is 6.18 Å². The molecule has 0 aliphatic heterocycles. The van der Waals surface area contributed by atoms with Gasteiger partial charge in [-0.2, -0.15) is 13.2 Å². The quantitative estimate of drug-likeness (QED) is 0.546. The second-order valence-corrected chi connectivity index (χ2v) is 5.54. The average molecular weight is 340 g/mol. The SMILES string of the molecule is Cc1ccc(-c2c(Cl)cc(Cl)cc2Cl)c(C(F)(F)F)c1. The first-order valence-corrected chi connectivity index (χ1v) is 6.66. The molecule has 0 nitrogen and oxygen atoms in total. The van der Waals surface area contributed by atoms with Gasteiger partial charge in [0.2, 0.25) is 0 Å². The van der Waals surface area contributed by atoms with Crippen molar-refractivity contribution in [2.45, 2.75) is 13.1 Å². The Labute approximate surface area is 129 Å². The van der Waals surface area contributed by atoms with Crippen molar-refractivity contribution in [3.05, 3.63) is 56.5 Å². The fraction of sp³-hybridized carbons (Fsp3) is 0.143. The summed E-state index contributed by atoms with van der Waals surface area (Å²) in [5, 5.41) is 0.429. The van der Waals surface area contributed by atoms with Crippen LogP contribution in [0.25, 0.3) is 11.1 Å². The van der Waals surface area contributed by atoms with E-state index in [1.54, 1.807) is 13.0 Å². The van der Waals surface area contributed by atoms with Crippen molar-refractivity contribution in [3.8, 4) is 11.1 Å². The van der Waals surface area contributed by atoms with E-state index in [0.717, 1.165) is 6.07 Å². The number of hydrogen-bond donors (Lipinski definition) is 0. The Morgan fingerprint density at radius 1 is 0.900 bits per heavy atom. The summed E-state index contributed by atoms with van der Waals surface area (Å²) in [6.45, 7) is 1.59. The van der Waals surface area contributed by atoms with Gasteiger partial charge < -0.3 is 0 Å². The van der Waals surface area contributed by atoms with Crippen molar-refractivity contribution in [2.24, 2.45) is 0 Å². The lowest BCUT2D eigenvalue weighted by Gasteiger charge is -2.16. The van der Waals surface area contributed by atoms with Crippen molar-refractivity contribution in [3.63, 3.8) is 0 Å². The molecular weight excluding hydrogens is 332 g/mol. The molecule has 0 bridgehead atoms. The van der Waals surface area contributed by atoms with Crippen LogP contribution in [-0.4, -0.2) is 0 Å². The highest BCUT2D eigenvalue weighted by Gasteiger charge is 2.34. The number of alkyl halides is 3. The maximum Gasteiger partial charge on any atom is 0.417 e. The minimum absolute atomic E-state index is 0.0604. The van der Waals surface area contributed by atoms with E-state index in [-0.39, 0.29) is 26.2 Å². The lowest BCUT2D eigenvalue weighted by atomic mass is 9.97. The first-order valence-electron chi connectivity index (χ1n) is 5.53. The lowest BCUT2D eigenvalue weighted by Crippen LogP contribution is -2.08. The molecule has 0 fully saturated rings. The second kappa shape index (κ2) is 5.47. The summed E-state index contributed by atoms with van der Waals surface area (Å²) in [4.78, 5) is 0. The number of aryl methyl sites for hydroxylation is 1. The summed E-state index contributed by atoms with van der Waals surface area (Å²) in [6.07, 6.45) is -4.49. The van der Waals surface area contributed by atoms with Crippen molar-refractivity contribution in [1.29, 1.82) is 0 Å². The molecule has 2 rings (SSSR count). The van der Waals surface area contributed by atoms with Gasteiger partial charge in [-0.25, -0.2) is 0 Å². The van der Waals surface area contributed by atoms with Gasteiger partial charge in [-0.15, -0.1) is 0 Å². The first-order chi connectivity index (χ1) is 9.20. The summed E-state index contributed by atoms with van der Waals surface area (Å²) in [7, 11) is 0. The molecule has 0 saturated heterocycles. The summed E-state index contributed by atoms with van der Waals surface area (Å²) in [5.74, 6) is 0. The molecule has 0 heterocycles. The molecule has 2 aromatic carbocycles. The molecule has 0 atom stereocenters. The molecule has 20 heavy (non-hydrogen) atoms. The predicted molar refractivity (Wildman–Crippen MR) is 76.6 cm³/mol. The maximum absolute atomic E-state index is 13.1. The molecule has 6 heteroatoms. The third-order valence-corrected chi connectivity index (χ3v) is 3.57. The molecule has 0 saturated carbocycles. The van der Waals surface area contributed by atoms with E-state index in [1.165, 1.54) is 18.2 Å². The average Bonchev–Trinajstić information content (AvgIpc) is 2.28. The summed E-state index contributed by atoms with van der Waals surface area (Å²) in [5.41, 5.74) is -0.203. The minimum Gasteiger partial charge on any atom is -0.166 e. The van der Waals surface area contributed by atoms with E-state index in [9.17, 15) is 13.2 Å². The van der Waals surface area contributed by atoms with Gasteiger partial charge in [-0.1, -0.05) is 52.5 Å². The van der Waals surface area contributed by atoms with Gasteiger partial charge >= 0.3 is 6.18 Å². The molecule has 0 aromatic heterocycles. The van der Waals surface area contributed by atoms with Crippen LogP contribution in [0, 0.1) is 6.92 Å².